The summed E-state index contributed by atoms with van der Waals surface area (Å²) in [7, 11) is 1.68. The molecule has 0 fully saturated rings. The molecule has 0 radical (unpaired) electrons. The summed E-state index contributed by atoms with van der Waals surface area (Å²) < 4.78 is 18.3. The minimum atomic E-state index is -0.249. The normalized spacial score (nSPS) is 16.3. The molecule has 0 aliphatic heterocycles. The molecular weight excluding hydrogens is 231 g/mol. The van der Waals surface area contributed by atoms with Gasteiger partial charge in [-0.1, -0.05) is 12.1 Å². The van der Waals surface area contributed by atoms with Crippen LogP contribution in [0.1, 0.15) is 19.4 Å². The van der Waals surface area contributed by atoms with Crippen molar-refractivity contribution in [2.24, 2.45) is 5.73 Å². The van der Waals surface area contributed by atoms with Gasteiger partial charge in [0.2, 0.25) is 0 Å². The van der Waals surface area contributed by atoms with Crippen LogP contribution in [-0.2, 0) is 11.2 Å². The van der Waals surface area contributed by atoms with Crippen LogP contribution in [0.15, 0.2) is 24.3 Å². The van der Waals surface area contributed by atoms with E-state index in [1.54, 1.807) is 19.2 Å². The summed E-state index contributed by atoms with van der Waals surface area (Å²) >= 11 is 0. The van der Waals surface area contributed by atoms with Crippen LogP contribution < -0.4 is 11.1 Å². The van der Waals surface area contributed by atoms with Gasteiger partial charge < -0.3 is 15.8 Å². The molecule has 0 spiro atoms. The maximum Gasteiger partial charge on any atom is 0.123 e. The first kappa shape index (κ1) is 15.1. The van der Waals surface area contributed by atoms with E-state index in [2.05, 4.69) is 5.32 Å². The minimum absolute atomic E-state index is 0.128. The van der Waals surface area contributed by atoms with E-state index in [1.165, 1.54) is 6.07 Å². The topological polar surface area (TPSA) is 47.3 Å². The molecule has 0 aromatic heterocycles. The summed E-state index contributed by atoms with van der Waals surface area (Å²) in [6, 6.07) is 6.64. The predicted molar refractivity (Wildman–Crippen MR) is 72.0 cm³/mol. The molecular formula is C14H23FN2O. The lowest BCUT2D eigenvalue weighted by molar-refractivity contribution is 0.108. The van der Waals surface area contributed by atoms with E-state index in [-0.39, 0.29) is 17.5 Å². The van der Waals surface area contributed by atoms with E-state index in [0.717, 1.165) is 12.1 Å². The Balaban J connectivity index is 2.64. The van der Waals surface area contributed by atoms with Crippen molar-refractivity contribution in [1.29, 1.82) is 0 Å². The molecule has 0 saturated carbocycles. The van der Waals surface area contributed by atoms with Crippen molar-refractivity contribution in [2.75, 3.05) is 20.2 Å². The van der Waals surface area contributed by atoms with Crippen molar-refractivity contribution in [2.45, 2.75) is 31.9 Å². The second-order valence-electron chi connectivity index (χ2n) is 5.00. The Morgan fingerprint density at radius 2 is 2.22 bits per heavy atom. The van der Waals surface area contributed by atoms with Gasteiger partial charge in [0.25, 0.3) is 0 Å². The molecule has 1 rings (SSSR count). The van der Waals surface area contributed by atoms with Crippen LogP contribution in [0.25, 0.3) is 0 Å². The van der Waals surface area contributed by atoms with Gasteiger partial charge in [-0.3, -0.25) is 0 Å². The van der Waals surface area contributed by atoms with Crippen molar-refractivity contribution in [3.8, 4) is 0 Å². The predicted octanol–water partition coefficient (Wildman–Crippen LogP) is 1.71. The number of hydrogen-bond donors (Lipinski definition) is 2. The molecule has 1 aromatic rings. The summed E-state index contributed by atoms with van der Waals surface area (Å²) in [6.07, 6.45) is 0.820. The van der Waals surface area contributed by atoms with Crippen LogP contribution in [0, 0.1) is 5.82 Å². The number of benzene rings is 1. The first-order valence-electron chi connectivity index (χ1n) is 6.21. The van der Waals surface area contributed by atoms with Crippen LogP contribution in [0.2, 0.25) is 0 Å². The molecule has 2 unspecified atom stereocenters. The number of nitrogens with one attached hydrogen (secondary N) is 1. The summed E-state index contributed by atoms with van der Waals surface area (Å²) in [4.78, 5) is 0. The van der Waals surface area contributed by atoms with Crippen LogP contribution in [-0.4, -0.2) is 31.8 Å². The van der Waals surface area contributed by atoms with Gasteiger partial charge in [-0.25, -0.2) is 4.39 Å². The fourth-order valence-electron chi connectivity index (χ4n) is 1.78. The quantitative estimate of drug-likeness (QED) is 0.778. The van der Waals surface area contributed by atoms with E-state index in [1.807, 2.05) is 19.9 Å². The average Bonchev–Trinajstić information content (AvgIpc) is 2.36. The Morgan fingerprint density at radius 3 is 2.78 bits per heavy atom. The number of methoxy groups -OCH3 is 1. The molecule has 0 saturated heterocycles. The van der Waals surface area contributed by atoms with E-state index < -0.39 is 0 Å². The van der Waals surface area contributed by atoms with Crippen LogP contribution in [0.3, 0.4) is 0 Å². The highest BCUT2D eigenvalue weighted by molar-refractivity contribution is 5.19. The van der Waals surface area contributed by atoms with Crippen molar-refractivity contribution in [1.82, 2.24) is 5.32 Å². The third kappa shape index (κ3) is 4.72. The number of hydrogen-bond acceptors (Lipinski definition) is 3. The number of halogens is 1. The highest BCUT2D eigenvalue weighted by Gasteiger charge is 2.23. The molecule has 0 amide bonds. The third-order valence-corrected chi connectivity index (χ3v) is 3.15. The second kappa shape index (κ2) is 6.83. The highest BCUT2D eigenvalue weighted by atomic mass is 19.1. The smallest absolute Gasteiger partial charge is 0.123 e. The maximum atomic E-state index is 13.1. The fraction of sp³-hybridized carbons (Fsp3) is 0.571. The van der Waals surface area contributed by atoms with E-state index in [9.17, 15) is 4.39 Å². The SMILES string of the molecule is COC(C)CNC(C)(CN)Cc1cccc(F)c1. The van der Waals surface area contributed by atoms with E-state index >= 15 is 0 Å². The lowest BCUT2D eigenvalue weighted by Crippen LogP contribution is -2.52. The monoisotopic (exact) mass is 254 g/mol. The molecule has 3 N–H and O–H groups in total. The molecule has 18 heavy (non-hydrogen) atoms. The summed E-state index contributed by atoms with van der Waals surface area (Å²) in [6.45, 7) is 5.24. The van der Waals surface area contributed by atoms with E-state index in [0.29, 0.717) is 13.0 Å². The fourth-order valence-corrected chi connectivity index (χ4v) is 1.78. The maximum absolute atomic E-state index is 13.1. The van der Waals surface area contributed by atoms with Gasteiger partial charge in [0.15, 0.2) is 0 Å². The molecule has 0 bridgehead atoms. The Hall–Kier alpha value is -0.970. The average molecular weight is 254 g/mol. The zero-order chi connectivity index (χ0) is 13.6. The van der Waals surface area contributed by atoms with E-state index in [4.69, 9.17) is 10.5 Å². The number of nitrogens with two attached hydrogens (primary N) is 1. The van der Waals surface area contributed by atoms with Crippen molar-refractivity contribution in [3.05, 3.63) is 35.6 Å². The summed E-state index contributed by atoms with van der Waals surface area (Å²) in [5, 5.41) is 3.39. The number of rotatable bonds is 7. The molecule has 0 aliphatic carbocycles. The molecule has 0 aliphatic rings. The van der Waals surface area contributed by atoms with Gasteiger partial charge in [0.1, 0.15) is 5.82 Å². The van der Waals surface area contributed by atoms with Crippen LogP contribution >= 0.6 is 0 Å². The molecule has 4 heteroatoms. The lowest BCUT2D eigenvalue weighted by atomic mass is 9.92. The first-order valence-corrected chi connectivity index (χ1v) is 6.21. The van der Waals surface area contributed by atoms with Crippen molar-refractivity contribution in [3.63, 3.8) is 0 Å². The molecule has 0 heterocycles. The summed E-state index contributed by atoms with van der Waals surface area (Å²) in [5.41, 5.74) is 6.52. The van der Waals surface area contributed by atoms with Crippen LogP contribution in [0.4, 0.5) is 4.39 Å². The van der Waals surface area contributed by atoms with Gasteiger partial charge >= 0.3 is 0 Å². The number of ether oxygens (including phenoxy) is 1. The molecule has 3 nitrogen and oxygen atoms in total. The standard InChI is InChI=1S/C14H23FN2O/c1-11(18-3)9-17-14(2,10-16)8-12-5-4-6-13(15)7-12/h4-7,11,17H,8-10,16H2,1-3H3. The molecule has 1 aromatic carbocycles. The van der Waals surface area contributed by atoms with Gasteiger partial charge in [-0.2, -0.15) is 0 Å². The van der Waals surface area contributed by atoms with Crippen LogP contribution in [0.5, 0.6) is 0 Å². The molecule has 102 valence electrons. The zero-order valence-corrected chi connectivity index (χ0v) is 11.4. The Labute approximate surface area is 109 Å². The lowest BCUT2D eigenvalue weighted by Gasteiger charge is -2.31. The molecule has 2 atom stereocenters. The van der Waals surface area contributed by atoms with Gasteiger partial charge in [-0.15, -0.1) is 0 Å². The Kier molecular flexibility index (Phi) is 5.72. The Morgan fingerprint density at radius 1 is 1.50 bits per heavy atom. The zero-order valence-electron chi connectivity index (χ0n) is 11.4. The van der Waals surface area contributed by atoms with Crippen molar-refractivity contribution >= 4 is 0 Å². The second-order valence-corrected chi connectivity index (χ2v) is 5.00. The third-order valence-electron chi connectivity index (χ3n) is 3.15. The van der Waals surface area contributed by atoms with Gasteiger partial charge in [0.05, 0.1) is 6.10 Å². The van der Waals surface area contributed by atoms with Crippen molar-refractivity contribution < 1.29 is 9.13 Å². The largest absolute Gasteiger partial charge is 0.380 e. The van der Waals surface area contributed by atoms with Gasteiger partial charge in [0, 0.05) is 25.7 Å². The summed E-state index contributed by atoms with van der Waals surface area (Å²) in [5.74, 6) is -0.211. The first-order chi connectivity index (χ1) is 8.49. The highest BCUT2D eigenvalue weighted by Crippen LogP contribution is 2.13. The minimum Gasteiger partial charge on any atom is -0.380 e. The van der Waals surface area contributed by atoms with Gasteiger partial charge in [-0.05, 0) is 38.0 Å². The Bertz CT molecular complexity index is 373.